The quantitative estimate of drug-likeness (QED) is 0.367. The summed E-state index contributed by atoms with van der Waals surface area (Å²) in [6, 6.07) is 8.37. The molecule has 5 nitrogen and oxygen atoms in total. The van der Waals surface area contributed by atoms with Gasteiger partial charge in [0.25, 0.3) is 5.91 Å². The molecule has 0 aliphatic carbocycles. The van der Waals surface area contributed by atoms with Crippen molar-refractivity contribution in [1.82, 2.24) is 4.90 Å². The van der Waals surface area contributed by atoms with Gasteiger partial charge in [0, 0.05) is 25.3 Å². The number of anilines is 1. The van der Waals surface area contributed by atoms with E-state index in [-0.39, 0.29) is 18.9 Å². The van der Waals surface area contributed by atoms with E-state index in [0.717, 1.165) is 18.7 Å². The summed E-state index contributed by atoms with van der Waals surface area (Å²) in [6.45, 7) is 6.35. The van der Waals surface area contributed by atoms with Crippen LogP contribution < -0.4 is 4.90 Å². The van der Waals surface area contributed by atoms with Gasteiger partial charge in [0.05, 0.1) is 11.3 Å². The molecule has 2 rings (SSSR count). The lowest BCUT2D eigenvalue weighted by molar-refractivity contribution is -0.137. The number of thioether (sulfide) groups is 1. The summed E-state index contributed by atoms with van der Waals surface area (Å²) < 4.78 is 0.398. The van der Waals surface area contributed by atoms with Crippen molar-refractivity contribution >= 4 is 51.9 Å². The third kappa shape index (κ3) is 6.07. The van der Waals surface area contributed by atoms with E-state index >= 15 is 0 Å². The second kappa shape index (κ2) is 10.8. The number of allylic oxidation sites excluding steroid dienone is 4. The Hall–Kier alpha value is -2.38. The van der Waals surface area contributed by atoms with Crippen LogP contribution in [-0.4, -0.2) is 45.8 Å². The maximum atomic E-state index is 12.3. The Morgan fingerprint density at radius 3 is 2.46 bits per heavy atom. The largest absolute Gasteiger partial charge is 0.481 e. The summed E-state index contributed by atoms with van der Waals surface area (Å²) in [5.74, 6) is -1.19. The third-order valence-corrected chi connectivity index (χ3v) is 5.60. The van der Waals surface area contributed by atoms with Gasteiger partial charge in [-0.3, -0.25) is 14.5 Å². The first kappa shape index (κ1) is 21.9. The van der Waals surface area contributed by atoms with Gasteiger partial charge in [-0.05, 0) is 37.6 Å². The minimum absolute atomic E-state index is 0.102. The number of carboxylic acids is 1. The molecule has 0 unspecified atom stereocenters. The van der Waals surface area contributed by atoms with E-state index in [0.29, 0.717) is 9.23 Å². The average Bonchev–Trinajstić information content (AvgIpc) is 2.95. The molecular weight excluding hydrogens is 392 g/mol. The van der Waals surface area contributed by atoms with Crippen molar-refractivity contribution in [1.29, 1.82) is 0 Å². The molecule has 1 aromatic carbocycles. The molecule has 0 radical (unpaired) electrons. The van der Waals surface area contributed by atoms with Gasteiger partial charge in [-0.1, -0.05) is 60.4 Å². The Morgan fingerprint density at radius 1 is 1.18 bits per heavy atom. The number of rotatable bonds is 9. The Morgan fingerprint density at radius 2 is 1.86 bits per heavy atom. The van der Waals surface area contributed by atoms with Crippen molar-refractivity contribution in [3.8, 4) is 0 Å². The highest BCUT2D eigenvalue weighted by Gasteiger charge is 2.31. The highest BCUT2D eigenvalue weighted by atomic mass is 32.2. The molecular formula is C21H24N2O3S2. The van der Waals surface area contributed by atoms with E-state index < -0.39 is 5.97 Å². The summed E-state index contributed by atoms with van der Waals surface area (Å²) in [4.78, 5) is 27.1. The van der Waals surface area contributed by atoms with Gasteiger partial charge in [-0.15, -0.1) is 0 Å². The van der Waals surface area contributed by atoms with Crippen LogP contribution in [-0.2, 0) is 9.59 Å². The number of hydrogen-bond donors (Lipinski definition) is 1. The maximum Gasteiger partial charge on any atom is 0.305 e. The second-order valence-electron chi connectivity index (χ2n) is 6.01. The predicted molar refractivity (Wildman–Crippen MR) is 120 cm³/mol. The third-order valence-electron chi connectivity index (χ3n) is 4.20. The second-order valence-corrected chi connectivity index (χ2v) is 7.68. The Balaban J connectivity index is 1.93. The molecule has 7 heteroatoms. The topological polar surface area (TPSA) is 60.9 Å². The van der Waals surface area contributed by atoms with Crippen molar-refractivity contribution in [2.24, 2.45) is 0 Å². The minimum atomic E-state index is -0.951. The summed E-state index contributed by atoms with van der Waals surface area (Å²) in [5.41, 5.74) is 2.31. The van der Waals surface area contributed by atoms with Crippen molar-refractivity contribution in [3.05, 3.63) is 59.0 Å². The van der Waals surface area contributed by atoms with Gasteiger partial charge in [0.2, 0.25) is 0 Å². The van der Waals surface area contributed by atoms with Gasteiger partial charge >= 0.3 is 5.97 Å². The van der Waals surface area contributed by atoms with Gasteiger partial charge in [-0.2, -0.15) is 0 Å². The van der Waals surface area contributed by atoms with E-state index in [1.807, 2.05) is 18.2 Å². The zero-order chi connectivity index (χ0) is 20.5. The number of carbonyl (C=O) groups excluding carboxylic acids is 1. The smallest absolute Gasteiger partial charge is 0.305 e. The molecule has 28 heavy (non-hydrogen) atoms. The fourth-order valence-corrected chi connectivity index (χ4v) is 3.93. The molecule has 1 heterocycles. The first-order valence-corrected chi connectivity index (χ1v) is 10.3. The van der Waals surface area contributed by atoms with Crippen molar-refractivity contribution in [2.45, 2.75) is 20.3 Å². The average molecular weight is 417 g/mol. The van der Waals surface area contributed by atoms with Crippen LogP contribution in [0.25, 0.3) is 6.08 Å². The number of aliphatic carboxylic acids is 1. The number of thiocarbonyl (C=S) groups is 1. The fourth-order valence-electron chi connectivity index (χ4n) is 2.67. The fraction of sp³-hybridized carbons (Fsp3) is 0.286. The molecule has 1 aromatic rings. The lowest BCUT2D eigenvalue weighted by atomic mass is 10.2. The van der Waals surface area contributed by atoms with E-state index in [1.165, 1.54) is 22.3 Å². The molecule has 1 saturated heterocycles. The molecule has 0 bridgehead atoms. The Labute approximate surface area is 175 Å². The highest BCUT2D eigenvalue weighted by molar-refractivity contribution is 8.26. The van der Waals surface area contributed by atoms with Crippen molar-refractivity contribution in [3.63, 3.8) is 0 Å². The normalized spacial score (nSPS) is 16.1. The molecule has 1 amide bonds. The van der Waals surface area contributed by atoms with Crippen LogP contribution in [0.3, 0.4) is 0 Å². The molecule has 0 atom stereocenters. The highest BCUT2D eigenvalue weighted by Crippen LogP contribution is 2.30. The first-order valence-electron chi connectivity index (χ1n) is 9.11. The first-order chi connectivity index (χ1) is 13.5. The van der Waals surface area contributed by atoms with Crippen LogP contribution in [0.5, 0.6) is 0 Å². The van der Waals surface area contributed by atoms with Crippen molar-refractivity contribution in [2.75, 3.05) is 24.5 Å². The summed E-state index contributed by atoms with van der Waals surface area (Å²) in [5, 5.41) is 8.75. The molecule has 0 saturated carbocycles. The van der Waals surface area contributed by atoms with Gasteiger partial charge in [0.1, 0.15) is 4.32 Å². The van der Waals surface area contributed by atoms with Crippen LogP contribution >= 0.6 is 24.0 Å². The van der Waals surface area contributed by atoms with Gasteiger partial charge in [-0.25, -0.2) is 0 Å². The maximum absolute atomic E-state index is 12.3. The van der Waals surface area contributed by atoms with E-state index in [9.17, 15) is 9.59 Å². The standard InChI is InChI=1S/C21H24N2O3S2/c1-3-22(4-2)17-12-10-16(11-13-17)8-6-5-7-9-18-20(26)23(21(27)28-18)15-14-19(24)25/h5-13H,3-4,14-15H2,1-2H3,(H,24,25)/b7-5+,8-6+,18-9+. The number of benzene rings is 1. The van der Waals surface area contributed by atoms with Crippen LogP contribution in [0.1, 0.15) is 25.8 Å². The molecule has 1 aliphatic heterocycles. The van der Waals surface area contributed by atoms with Gasteiger partial charge < -0.3 is 10.0 Å². The molecule has 1 fully saturated rings. The predicted octanol–water partition coefficient (Wildman–Crippen LogP) is 4.32. The molecule has 1 aliphatic rings. The Kier molecular flexibility index (Phi) is 8.47. The molecule has 0 spiro atoms. The van der Waals surface area contributed by atoms with E-state index in [4.69, 9.17) is 17.3 Å². The van der Waals surface area contributed by atoms with Crippen LogP contribution in [0, 0.1) is 0 Å². The summed E-state index contributed by atoms with van der Waals surface area (Å²) in [7, 11) is 0. The molecule has 148 valence electrons. The molecule has 1 N–H and O–H groups in total. The summed E-state index contributed by atoms with van der Waals surface area (Å²) >= 11 is 6.34. The van der Waals surface area contributed by atoms with Gasteiger partial charge in [0.15, 0.2) is 0 Å². The van der Waals surface area contributed by atoms with Crippen LogP contribution in [0.2, 0.25) is 0 Å². The summed E-state index contributed by atoms with van der Waals surface area (Å²) in [6.07, 6.45) is 9.12. The number of carboxylic acid groups (broad SMARTS) is 1. The zero-order valence-electron chi connectivity index (χ0n) is 16.0. The molecule has 0 aromatic heterocycles. The minimum Gasteiger partial charge on any atom is -0.481 e. The Bertz CT molecular complexity index is 809. The number of carbonyl (C=O) groups is 2. The monoisotopic (exact) mass is 416 g/mol. The number of hydrogen-bond acceptors (Lipinski definition) is 5. The van der Waals surface area contributed by atoms with Crippen LogP contribution in [0.15, 0.2) is 53.5 Å². The van der Waals surface area contributed by atoms with Crippen LogP contribution in [0.4, 0.5) is 5.69 Å². The zero-order valence-corrected chi connectivity index (χ0v) is 17.6. The number of amides is 1. The van der Waals surface area contributed by atoms with E-state index in [2.05, 4.69) is 43.0 Å². The lowest BCUT2D eigenvalue weighted by Crippen LogP contribution is -2.30. The lowest BCUT2D eigenvalue weighted by Gasteiger charge is -2.20. The number of nitrogens with zero attached hydrogens (tertiary/aromatic N) is 2. The van der Waals surface area contributed by atoms with E-state index in [1.54, 1.807) is 12.2 Å². The SMILES string of the molecule is CCN(CC)c1ccc(/C=C/C=C/C=C2/SC(=S)N(CCC(=O)O)C2=O)cc1. The van der Waals surface area contributed by atoms with Crippen molar-refractivity contribution < 1.29 is 14.7 Å².